The molecular weight excluding hydrogens is 286 g/mol. The van der Waals surface area contributed by atoms with Crippen LogP contribution in [-0.4, -0.2) is 30.9 Å². The van der Waals surface area contributed by atoms with Gasteiger partial charge in [0.25, 0.3) is 0 Å². The number of carboxylic acid groups (broad SMARTS) is 1. The van der Waals surface area contributed by atoms with Crippen LogP contribution in [0.4, 0.5) is 0 Å². The summed E-state index contributed by atoms with van der Waals surface area (Å²) in [6.07, 6.45) is 3.45. The Hall–Kier alpha value is -1.56. The van der Waals surface area contributed by atoms with Crippen LogP contribution in [0.25, 0.3) is 5.52 Å². The zero-order valence-electron chi connectivity index (χ0n) is 13.0. The van der Waals surface area contributed by atoms with Crippen molar-refractivity contribution < 1.29 is 9.90 Å². The summed E-state index contributed by atoms with van der Waals surface area (Å²) in [6.45, 7) is 10.1. The van der Waals surface area contributed by atoms with Crippen molar-refractivity contribution in [2.45, 2.75) is 50.3 Å². The van der Waals surface area contributed by atoms with Crippen molar-refractivity contribution in [1.82, 2.24) is 14.6 Å². The van der Waals surface area contributed by atoms with Crippen molar-refractivity contribution in [1.29, 1.82) is 0 Å². The third-order valence-corrected chi connectivity index (χ3v) is 4.75. The van der Waals surface area contributed by atoms with Crippen LogP contribution >= 0.6 is 11.8 Å². The summed E-state index contributed by atoms with van der Waals surface area (Å²) >= 11 is 1.29. The highest BCUT2D eigenvalue weighted by atomic mass is 32.2. The molecule has 0 spiro atoms. The molecule has 21 heavy (non-hydrogen) atoms. The van der Waals surface area contributed by atoms with Gasteiger partial charge in [-0.15, -0.1) is 0 Å². The minimum atomic E-state index is -0.811. The number of aromatic nitrogens is 3. The Balaban J connectivity index is 2.45. The highest BCUT2D eigenvalue weighted by Crippen LogP contribution is 2.31. The number of rotatable bonds is 4. The van der Waals surface area contributed by atoms with Crippen molar-refractivity contribution in [2.24, 2.45) is 5.92 Å². The average molecular weight is 307 g/mol. The Morgan fingerprint density at radius 1 is 1.38 bits per heavy atom. The van der Waals surface area contributed by atoms with Gasteiger partial charge in [0.1, 0.15) is 10.3 Å². The van der Waals surface area contributed by atoms with E-state index in [2.05, 4.69) is 30.9 Å². The molecule has 0 saturated heterocycles. The molecular formula is C15H21N3O2S. The molecule has 2 heterocycles. The average Bonchev–Trinajstić information content (AvgIpc) is 2.79. The first kappa shape index (κ1) is 15.8. The van der Waals surface area contributed by atoms with Crippen molar-refractivity contribution >= 4 is 23.2 Å². The van der Waals surface area contributed by atoms with Crippen LogP contribution in [0.1, 0.15) is 40.3 Å². The number of carboxylic acids is 1. The molecule has 0 saturated carbocycles. The largest absolute Gasteiger partial charge is 0.480 e. The number of aliphatic carboxylic acids is 1. The minimum absolute atomic E-state index is 0.0274. The molecule has 0 fully saturated rings. The SMILES string of the molecule is CC(C)C(Sc1nccn2nc(C(C)(C)C)cc12)C(=O)O. The lowest BCUT2D eigenvalue weighted by Gasteiger charge is -2.15. The van der Waals surface area contributed by atoms with Crippen LogP contribution in [0.15, 0.2) is 23.5 Å². The molecule has 0 bridgehead atoms. The van der Waals surface area contributed by atoms with Crippen molar-refractivity contribution in [3.05, 3.63) is 24.2 Å². The number of nitrogens with zero attached hydrogens (tertiary/aromatic N) is 3. The quantitative estimate of drug-likeness (QED) is 0.878. The smallest absolute Gasteiger partial charge is 0.317 e. The molecule has 114 valence electrons. The van der Waals surface area contributed by atoms with E-state index in [9.17, 15) is 9.90 Å². The summed E-state index contributed by atoms with van der Waals surface area (Å²) in [4.78, 5) is 15.7. The van der Waals surface area contributed by atoms with Crippen LogP contribution < -0.4 is 0 Å². The summed E-state index contributed by atoms with van der Waals surface area (Å²) in [6, 6.07) is 1.99. The van der Waals surface area contributed by atoms with E-state index in [1.165, 1.54) is 11.8 Å². The van der Waals surface area contributed by atoms with Crippen LogP contribution in [0.5, 0.6) is 0 Å². The third-order valence-electron chi connectivity index (χ3n) is 3.21. The molecule has 1 N–H and O–H groups in total. The molecule has 0 aromatic carbocycles. The van der Waals surface area contributed by atoms with E-state index in [1.54, 1.807) is 16.9 Å². The van der Waals surface area contributed by atoms with E-state index < -0.39 is 11.2 Å². The number of thioether (sulfide) groups is 1. The second kappa shape index (κ2) is 5.67. The lowest BCUT2D eigenvalue weighted by molar-refractivity contribution is -0.137. The Bertz CT molecular complexity index is 658. The van der Waals surface area contributed by atoms with Gasteiger partial charge in [0, 0.05) is 17.8 Å². The van der Waals surface area contributed by atoms with Crippen LogP contribution in [-0.2, 0) is 10.2 Å². The molecule has 2 aromatic heterocycles. The summed E-state index contributed by atoms with van der Waals surface area (Å²) in [5.74, 6) is -0.783. The molecule has 2 rings (SSSR count). The fourth-order valence-electron chi connectivity index (χ4n) is 1.95. The topological polar surface area (TPSA) is 67.5 Å². The van der Waals surface area contributed by atoms with Gasteiger partial charge in [-0.3, -0.25) is 4.79 Å². The standard InChI is InChI=1S/C15H21N3O2S/c1-9(2)12(14(19)20)21-13-10-8-11(15(3,4)5)17-18(10)7-6-16-13/h6-9,12H,1-5H3,(H,19,20). The van der Waals surface area contributed by atoms with Gasteiger partial charge in [-0.05, 0) is 12.0 Å². The van der Waals surface area contributed by atoms with Crippen molar-refractivity contribution in [3.8, 4) is 0 Å². The molecule has 1 atom stereocenters. The summed E-state index contributed by atoms with van der Waals surface area (Å²) in [7, 11) is 0. The molecule has 5 nitrogen and oxygen atoms in total. The van der Waals surface area contributed by atoms with Crippen LogP contribution in [0, 0.1) is 5.92 Å². The minimum Gasteiger partial charge on any atom is -0.480 e. The maximum absolute atomic E-state index is 11.4. The molecule has 2 aromatic rings. The van der Waals surface area contributed by atoms with Crippen LogP contribution in [0.2, 0.25) is 0 Å². The van der Waals surface area contributed by atoms with Gasteiger partial charge in [0.2, 0.25) is 0 Å². The first-order valence-electron chi connectivity index (χ1n) is 6.94. The lowest BCUT2D eigenvalue weighted by atomic mass is 9.92. The number of fused-ring (bicyclic) bond motifs is 1. The van der Waals surface area contributed by atoms with E-state index in [0.717, 1.165) is 11.2 Å². The molecule has 0 aliphatic rings. The zero-order chi connectivity index (χ0) is 15.8. The fraction of sp³-hybridized carbons (Fsp3) is 0.533. The molecule has 0 aliphatic heterocycles. The Morgan fingerprint density at radius 2 is 2.05 bits per heavy atom. The van der Waals surface area contributed by atoms with Gasteiger partial charge >= 0.3 is 5.97 Å². The van der Waals surface area contributed by atoms with E-state index >= 15 is 0 Å². The predicted molar refractivity (Wildman–Crippen MR) is 83.8 cm³/mol. The fourth-order valence-corrected chi connectivity index (χ4v) is 2.96. The van der Waals surface area contributed by atoms with Crippen molar-refractivity contribution in [3.63, 3.8) is 0 Å². The van der Waals surface area contributed by atoms with Gasteiger partial charge in [-0.1, -0.05) is 46.4 Å². The van der Waals surface area contributed by atoms with Crippen LogP contribution in [0.3, 0.4) is 0 Å². The maximum atomic E-state index is 11.4. The van der Waals surface area contributed by atoms with E-state index in [-0.39, 0.29) is 11.3 Å². The molecule has 6 heteroatoms. The molecule has 1 unspecified atom stereocenters. The van der Waals surface area contributed by atoms with Gasteiger partial charge in [0.05, 0.1) is 11.2 Å². The summed E-state index contributed by atoms with van der Waals surface area (Å²) < 4.78 is 1.77. The number of hydrogen-bond acceptors (Lipinski definition) is 4. The monoisotopic (exact) mass is 307 g/mol. The zero-order valence-corrected chi connectivity index (χ0v) is 13.8. The normalized spacial score (nSPS) is 13.8. The molecule has 0 aliphatic carbocycles. The Kier molecular flexibility index (Phi) is 4.27. The van der Waals surface area contributed by atoms with E-state index in [4.69, 9.17) is 0 Å². The summed E-state index contributed by atoms with van der Waals surface area (Å²) in [5.41, 5.74) is 1.77. The second-order valence-electron chi connectivity index (χ2n) is 6.46. The second-order valence-corrected chi connectivity index (χ2v) is 7.59. The Morgan fingerprint density at radius 3 is 2.57 bits per heavy atom. The Labute approximate surface area is 128 Å². The van der Waals surface area contributed by atoms with E-state index in [1.807, 2.05) is 19.9 Å². The highest BCUT2D eigenvalue weighted by Gasteiger charge is 2.25. The van der Waals surface area contributed by atoms with Crippen molar-refractivity contribution in [2.75, 3.05) is 0 Å². The first-order valence-corrected chi connectivity index (χ1v) is 7.82. The lowest BCUT2D eigenvalue weighted by Crippen LogP contribution is -2.22. The highest BCUT2D eigenvalue weighted by molar-refractivity contribution is 8.00. The molecule has 0 radical (unpaired) electrons. The van der Waals surface area contributed by atoms with Gasteiger partial charge in [0.15, 0.2) is 0 Å². The molecule has 0 amide bonds. The number of hydrogen-bond donors (Lipinski definition) is 1. The van der Waals surface area contributed by atoms with Gasteiger partial charge < -0.3 is 5.11 Å². The predicted octanol–water partition coefficient (Wildman–Crippen LogP) is 3.23. The van der Waals surface area contributed by atoms with Gasteiger partial charge in [-0.25, -0.2) is 9.50 Å². The first-order chi connectivity index (χ1) is 9.70. The summed E-state index contributed by atoms with van der Waals surface area (Å²) in [5, 5.41) is 14.1. The number of carbonyl (C=O) groups is 1. The van der Waals surface area contributed by atoms with Gasteiger partial charge in [-0.2, -0.15) is 5.10 Å². The maximum Gasteiger partial charge on any atom is 0.317 e. The third kappa shape index (κ3) is 3.37. The van der Waals surface area contributed by atoms with E-state index in [0.29, 0.717) is 5.03 Å².